The lowest BCUT2D eigenvalue weighted by Crippen LogP contribution is -2.40. The number of sulfonamides is 1. The summed E-state index contributed by atoms with van der Waals surface area (Å²) in [7, 11) is -3.96. The van der Waals surface area contributed by atoms with E-state index in [1.54, 1.807) is 0 Å². The van der Waals surface area contributed by atoms with Crippen LogP contribution in [-0.2, 0) is 10.0 Å². The maximum Gasteiger partial charge on any atom is 0.270 e. The summed E-state index contributed by atoms with van der Waals surface area (Å²) in [6, 6.07) is 8.67. The molecule has 0 saturated carbocycles. The van der Waals surface area contributed by atoms with Crippen LogP contribution in [0.4, 0.5) is 17.1 Å². The maximum atomic E-state index is 13.2. The Balaban J connectivity index is 1.87. The van der Waals surface area contributed by atoms with Gasteiger partial charge in [0.05, 0.1) is 38.2 Å². The summed E-state index contributed by atoms with van der Waals surface area (Å²) in [6.07, 6.45) is 0. The largest absolute Gasteiger partial charge is 0.395 e. The van der Waals surface area contributed by atoms with Crippen LogP contribution in [0.15, 0.2) is 53.4 Å². The molecule has 4 rings (SSSR count). The second-order valence-corrected chi connectivity index (χ2v) is 8.93. The molecule has 0 radical (unpaired) electrons. The first-order valence-electron chi connectivity index (χ1n) is 9.55. The van der Waals surface area contributed by atoms with Gasteiger partial charge >= 0.3 is 0 Å². The Hall–Kier alpha value is -4.27. The minimum Gasteiger partial charge on any atom is -0.395 e. The van der Waals surface area contributed by atoms with Crippen LogP contribution < -0.4 is 9.62 Å². The number of nitrogens with one attached hydrogen (secondary N) is 1. The Kier molecular flexibility index (Phi) is 5.56. The molecule has 0 aliphatic carbocycles. The Morgan fingerprint density at radius 3 is 1.82 bits per heavy atom. The number of nitro benzene ring substituents is 2. The fourth-order valence-corrected chi connectivity index (χ4v) is 4.66. The second kappa shape index (κ2) is 8.26. The van der Waals surface area contributed by atoms with Crippen molar-refractivity contribution >= 4 is 49.7 Å². The number of aliphatic hydroxyl groups excluding tert-OH is 1. The van der Waals surface area contributed by atoms with Crippen molar-refractivity contribution in [1.82, 2.24) is 4.72 Å². The number of amides is 2. The minimum atomic E-state index is -3.96. The summed E-state index contributed by atoms with van der Waals surface area (Å²) < 4.78 is 26.6. The quantitative estimate of drug-likeness (QED) is 0.284. The van der Waals surface area contributed by atoms with E-state index in [1.165, 1.54) is 12.1 Å². The number of carbonyl (C=O) groups excluding carboxylic acids is 2. The number of carbonyl (C=O) groups is 2. The molecule has 3 aromatic carbocycles. The fourth-order valence-electron chi connectivity index (χ4n) is 3.64. The van der Waals surface area contributed by atoms with Crippen molar-refractivity contribution in [3.63, 3.8) is 0 Å². The van der Waals surface area contributed by atoms with E-state index in [0.717, 1.165) is 36.4 Å². The molecule has 14 heteroatoms. The molecule has 0 spiro atoms. The predicted octanol–water partition coefficient (Wildman–Crippen LogP) is 1.73. The molecule has 0 atom stereocenters. The molecule has 2 N–H and O–H groups in total. The van der Waals surface area contributed by atoms with E-state index in [4.69, 9.17) is 5.11 Å². The van der Waals surface area contributed by atoms with E-state index in [2.05, 4.69) is 4.72 Å². The first kappa shape index (κ1) is 22.9. The van der Waals surface area contributed by atoms with E-state index >= 15 is 0 Å². The smallest absolute Gasteiger partial charge is 0.270 e. The third-order valence-electron chi connectivity index (χ3n) is 5.12. The van der Waals surface area contributed by atoms with Crippen molar-refractivity contribution in [2.45, 2.75) is 4.90 Å². The van der Waals surface area contributed by atoms with Crippen LogP contribution >= 0.6 is 0 Å². The highest BCUT2D eigenvalue weighted by molar-refractivity contribution is 7.89. The molecule has 0 bridgehead atoms. The average Bonchev–Trinajstić information content (AvgIpc) is 2.80. The number of hydrogen-bond acceptors (Lipinski definition) is 9. The van der Waals surface area contributed by atoms with Crippen molar-refractivity contribution < 1.29 is 33.0 Å². The van der Waals surface area contributed by atoms with Gasteiger partial charge in [-0.1, -0.05) is 0 Å². The minimum absolute atomic E-state index is 0.00820. The highest BCUT2D eigenvalue weighted by Crippen LogP contribution is 2.38. The van der Waals surface area contributed by atoms with Crippen LogP contribution in [0.5, 0.6) is 0 Å². The van der Waals surface area contributed by atoms with E-state index in [0.29, 0.717) is 4.90 Å². The highest BCUT2D eigenvalue weighted by Gasteiger charge is 2.37. The van der Waals surface area contributed by atoms with Crippen molar-refractivity contribution in [2.24, 2.45) is 0 Å². The van der Waals surface area contributed by atoms with Gasteiger partial charge in [0.1, 0.15) is 0 Å². The number of nitro groups is 2. The summed E-state index contributed by atoms with van der Waals surface area (Å²) in [6.45, 7) is -0.636. The van der Waals surface area contributed by atoms with Crippen molar-refractivity contribution in [3.05, 3.63) is 79.9 Å². The van der Waals surface area contributed by atoms with E-state index in [9.17, 15) is 38.2 Å². The third kappa shape index (κ3) is 3.75. The summed E-state index contributed by atoms with van der Waals surface area (Å²) in [5.41, 5.74) is -1.43. The predicted molar refractivity (Wildman–Crippen MR) is 117 cm³/mol. The SMILES string of the molecule is O=C1c2cc([N+](=O)[O-])cc3cc([N+](=O)[O-])cc(c23)C(=O)N1c1ccc(S(=O)(=O)NCCO)cc1. The van der Waals surface area contributed by atoms with Gasteiger partial charge in [-0.3, -0.25) is 29.8 Å². The number of anilines is 1. The van der Waals surface area contributed by atoms with E-state index < -0.39 is 49.7 Å². The van der Waals surface area contributed by atoms with Gasteiger partial charge in [-0.05, 0) is 29.7 Å². The third-order valence-corrected chi connectivity index (χ3v) is 6.59. The van der Waals surface area contributed by atoms with Crippen molar-refractivity contribution in [1.29, 1.82) is 0 Å². The number of rotatable bonds is 7. The van der Waals surface area contributed by atoms with Crippen LogP contribution in [0, 0.1) is 20.2 Å². The van der Waals surface area contributed by atoms with Crippen LogP contribution in [0.25, 0.3) is 10.8 Å². The number of hydrogen-bond donors (Lipinski definition) is 2. The number of imide groups is 1. The first-order valence-corrected chi connectivity index (χ1v) is 11.0. The van der Waals surface area contributed by atoms with Gasteiger partial charge in [0.15, 0.2) is 0 Å². The molecule has 0 fully saturated rings. The highest BCUT2D eigenvalue weighted by atomic mass is 32.2. The zero-order chi connectivity index (χ0) is 24.8. The maximum absolute atomic E-state index is 13.2. The Bertz CT molecular complexity index is 1430. The topological polar surface area (TPSA) is 190 Å². The Labute approximate surface area is 190 Å². The van der Waals surface area contributed by atoms with E-state index in [-0.39, 0.29) is 39.0 Å². The molecule has 1 aliphatic heterocycles. The monoisotopic (exact) mass is 486 g/mol. The molecule has 13 nitrogen and oxygen atoms in total. The zero-order valence-corrected chi connectivity index (χ0v) is 17.8. The van der Waals surface area contributed by atoms with Crippen LogP contribution in [0.3, 0.4) is 0 Å². The Morgan fingerprint density at radius 2 is 1.38 bits per heavy atom. The molecule has 34 heavy (non-hydrogen) atoms. The van der Waals surface area contributed by atoms with Crippen molar-refractivity contribution in [2.75, 3.05) is 18.1 Å². The molecular weight excluding hydrogens is 472 g/mol. The lowest BCUT2D eigenvalue weighted by atomic mass is 9.92. The number of non-ortho nitro benzene ring substituents is 2. The van der Waals surface area contributed by atoms with Gasteiger partial charge in [0.2, 0.25) is 10.0 Å². The Morgan fingerprint density at radius 1 is 0.882 bits per heavy atom. The number of benzene rings is 3. The molecular formula is C20H14N4O9S. The van der Waals surface area contributed by atoms with Gasteiger partial charge < -0.3 is 5.11 Å². The first-order chi connectivity index (χ1) is 16.0. The van der Waals surface area contributed by atoms with Crippen LogP contribution in [-0.4, -0.2) is 48.3 Å². The normalized spacial score (nSPS) is 13.4. The van der Waals surface area contributed by atoms with Crippen molar-refractivity contribution in [3.8, 4) is 0 Å². The molecule has 0 aromatic heterocycles. The molecule has 1 aliphatic rings. The fraction of sp³-hybridized carbons (Fsp3) is 0.100. The standard InChI is InChI=1S/C20H14N4O9S/c25-6-5-21-34(32,33)15-3-1-12(2-4-15)22-19(26)16-9-13(23(28)29)7-11-8-14(24(30)31)10-17(18(11)16)20(22)27/h1-4,7-10,21,25H,5-6H2. The van der Waals surface area contributed by atoms with Crippen LogP contribution in [0.1, 0.15) is 20.7 Å². The second-order valence-electron chi connectivity index (χ2n) is 7.16. The average molecular weight is 486 g/mol. The number of aliphatic hydroxyl groups is 1. The lowest BCUT2D eigenvalue weighted by molar-refractivity contribution is -0.385. The van der Waals surface area contributed by atoms with Gasteiger partial charge in [0, 0.05) is 36.2 Å². The molecule has 0 unspecified atom stereocenters. The summed E-state index contributed by atoms with van der Waals surface area (Å²) in [5.74, 6) is -1.82. The summed E-state index contributed by atoms with van der Waals surface area (Å²) in [5, 5.41) is 31.6. The van der Waals surface area contributed by atoms with Gasteiger partial charge in [-0.2, -0.15) is 0 Å². The molecule has 2 amide bonds. The molecule has 1 heterocycles. The summed E-state index contributed by atoms with van der Waals surface area (Å²) >= 11 is 0. The zero-order valence-electron chi connectivity index (χ0n) is 17.0. The lowest BCUT2D eigenvalue weighted by Gasteiger charge is -2.27. The summed E-state index contributed by atoms with van der Waals surface area (Å²) in [4.78, 5) is 48.1. The molecule has 174 valence electrons. The van der Waals surface area contributed by atoms with E-state index in [1.807, 2.05) is 0 Å². The van der Waals surface area contributed by atoms with Gasteiger partial charge in [0.25, 0.3) is 23.2 Å². The van der Waals surface area contributed by atoms with Gasteiger partial charge in [-0.15, -0.1) is 0 Å². The molecule has 3 aromatic rings. The molecule has 0 saturated heterocycles. The van der Waals surface area contributed by atoms with Gasteiger partial charge in [-0.25, -0.2) is 18.0 Å². The van der Waals surface area contributed by atoms with Crippen LogP contribution in [0.2, 0.25) is 0 Å². The number of nitrogens with zero attached hydrogens (tertiary/aromatic N) is 3.